The Labute approximate surface area is 175 Å². The Morgan fingerprint density at radius 3 is 2.38 bits per heavy atom. The first-order valence-corrected chi connectivity index (χ1v) is 9.70. The van der Waals surface area contributed by atoms with Gasteiger partial charge in [-0.25, -0.2) is 9.69 Å². The summed E-state index contributed by atoms with van der Waals surface area (Å²) in [6.45, 7) is 0. The number of nitrogens with one attached hydrogen (secondary N) is 1. The van der Waals surface area contributed by atoms with E-state index in [1.165, 1.54) is 30.0 Å². The zero-order valence-corrected chi connectivity index (χ0v) is 16.4. The van der Waals surface area contributed by atoms with E-state index in [-0.39, 0.29) is 5.57 Å². The van der Waals surface area contributed by atoms with Gasteiger partial charge in [0.25, 0.3) is 11.8 Å². The van der Waals surface area contributed by atoms with Crippen LogP contribution in [0.2, 0.25) is 5.02 Å². The molecule has 4 rings (SSSR count). The first-order chi connectivity index (χ1) is 14.0. The molecular weight excluding hydrogens is 412 g/mol. The molecule has 0 aliphatic carbocycles. The molecule has 0 saturated carbocycles. The van der Waals surface area contributed by atoms with Crippen molar-refractivity contribution in [3.8, 4) is 0 Å². The molecule has 3 aromatic rings. The van der Waals surface area contributed by atoms with E-state index in [9.17, 15) is 14.4 Å². The molecule has 0 bridgehead atoms. The Kier molecular flexibility index (Phi) is 5.24. The number of barbiturate groups is 1. The zero-order chi connectivity index (χ0) is 20.4. The number of amides is 4. The Hall–Kier alpha value is -3.29. The highest BCUT2D eigenvalue weighted by atomic mass is 35.5. The average molecular weight is 425 g/mol. The summed E-state index contributed by atoms with van der Waals surface area (Å²) in [6.07, 6.45) is 1.32. The highest BCUT2D eigenvalue weighted by molar-refractivity contribution is 7.99. The van der Waals surface area contributed by atoms with Crippen LogP contribution >= 0.6 is 23.4 Å². The van der Waals surface area contributed by atoms with Gasteiger partial charge in [0.05, 0.1) is 5.69 Å². The molecule has 4 amide bonds. The van der Waals surface area contributed by atoms with Gasteiger partial charge in [0.15, 0.2) is 5.09 Å². The van der Waals surface area contributed by atoms with Gasteiger partial charge in [-0.1, -0.05) is 41.6 Å². The Morgan fingerprint density at radius 1 is 0.931 bits per heavy atom. The van der Waals surface area contributed by atoms with Gasteiger partial charge in [0.1, 0.15) is 11.3 Å². The Bertz CT molecular complexity index is 1120. The molecule has 1 fully saturated rings. The summed E-state index contributed by atoms with van der Waals surface area (Å²) in [4.78, 5) is 39.1. The third-order valence-corrected chi connectivity index (χ3v) is 5.22. The van der Waals surface area contributed by atoms with Gasteiger partial charge < -0.3 is 4.42 Å². The molecular formula is C21H13ClN2O4S. The molecule has 1 saturated heterocycles. The highest BCUT2D eigenvalue weighted by Crippen LogP contribution is 2.30. The second-order valence-corrected chi connectivity index (χ2v) is 7.52. The van der Waals surface area contributed by atoms with Gasteiger partial charge in [-0.3, -0.25) is 14.9 Å². The molecule has 0 atom stereocenters. The summed E-state index contributed by atoms with van der Waals surface area (Å²) in [5, 5.41) is 3.24. The van der Waals surface area contributed by atoms with Crippen LogP contribution in [0.3, 0.4) is 0 Å². The van der Waals surface area contributed by atoms with Gasteiger partial charge in [-0.2, -0.15) is 0 Å². The lowest BCUT2D eigenvalue weighted by atomic mass is 10.1. The molecule has 1 aliphatic heterocycles. The molecule has 0 spiro atoms. The van der Waals surface area contributed by atoms with Gasteiger partial charge in [-0.05, 0) is 54.6 Å². The molecule has 8 heteroatoms. The van der Waals surface area contributed by atoms with E-state index >= 15 is 0 Å². The molecule has 144 valence electrons. The number of rotatable bonds is 4. The minimum Gasteiger partial charge on any atom is -0.450 e. The van der Waals surface area contributed by atoms with Gasteiger partial charge in [-0.15, -0.1) is 0 Å². The maximum atomic E-state index is 12.8. The number of imide groups is 2. The van der Waals surface area contributed by atoms with Crippen LogP contribution in [-0.2, 0) is 9.59 Å². The lowest BCUT2D eigenvalue weighted by Crippen LogP contribution is -2.54. The topological polar surface area (TPSA) is 79.6 Å². The fraction of sp³-hybridized carbons (Fsp3) is 0. The Balaban J connectivity index is 1.60. The number of hydrogen-bond acceptors (Lipinski definition) is 5. The predicted octanol–water partition coefficient (Wildman–Crippen LogP) is 4.75. The number of benzene rings is 2. The number of nitrogens with zero attached hydrogens (tertiary/aromatic N) is 1. The quantitative estimate of drug-likeness (QED) is 0.483. The summed E-state index contributed by atoms with van der Waals surface area (Å²) >= 11 is 7.27. The first-order valence-electron chi connectivity index (χ1n) is 8.51. The number of urea groups is 1. The van der Waals surface area contributed by atoms with Crippen molar-refractivity contribution in [2.45, 2.75) is 9.99 Å². The summed E-state index contributed by atoms with van der Waals surface area (Å²) in [6, 6.07) is 18.4. The van der Waals surface area contributed by atoms with Gasteiger partial charge >= 0.3 is 6.03 Å². The number of carbonyl (C=O) groups excluding carboxylic acids is 3. The van der Waals surface area contributed by atoms with Crippen molar-refractivity contribution in [2.75, 3.05) is 4.90 Å². The molecule has 6 nitrogen and oxygen atoms in total. The number of hydrogen-bond donors (Lipinski definition) is 1. The number of halogens is 1. The largest absolute Gasteiger partial charge is 0.450 e. The molecule has 1 aromatic heterocycles. The molecule has 2 aromatic carbocycles. The van der Waals surface area contributed by atoms with Crippen LogP contribution in [0.25, 0.3) is 6.08 Å². The maximum Gasteiger partial charge on any atom is 0.335 e. The summed E-state index contributed by atoms with van der Waals surface area (Å²) in [5.41, 5.74) is 0.0974. The highest BCUT2D eigenvalue weighted by Gasteiger charge is 2.37. The molecule has 1 aliphatic rings. The lowest BCUT2D eigenvalue weighted by Gasteiger charge is -2.26. The minimum atomic E-state index is -0.820. The monoisotopic (exact) mass is 424 g/mol. The van der Waals surface area contributed by atoms with Crippen molar-refractivity contribution >= 4 is 53.0 Å². The second-order valence-electron chi connectivity index (χ2n) is 6.01. The molecule has 2 heterocycles. The van der Waals surface area contributed by atoms with Crippen LogP contribution in [0.5, 0.6) is 0 Å². The van der Waals surface area contributed by atoms with E-state index in [2.05, 4.69) is 5.32 Å². The number of anilines is 1. The van der Waals surface area contributed by atoms with Crippen LogP contribution in [0.1, 0.15) is 5.76 Å². The van der Waals surface area contributed by atoms with E-state index in [0.717, 1.165) is 9.80 Å². The standard InChI is InChI=1S/C21H13ClN2O4S/c22-13-6-8-14(9-7-13)24-20(26)17(19(25)23-21(24)27)12-15-10-11-18(28-15)29-16-4-2-1-3-5-16/h1-12H,(H,23,25,27)/b17-12-. The first kappa shape index (κ1) is 19.0. The third kappa shape index (κ3) is 4.11. The summed E-state index contributed by atoms with van der Waals surface area (Å²) < 4.78 is 5.70. The van der Waals surface area contributed by atoms with Gasteiger partial charge in [0, 0.05) is 9.92 Å². The fourth-order valence-electron chi connectivity index (χ4n) is 2.70. The zero-order valence-electron chi connectivity index (χ0n) is 14.8. The average Bonchev–Trinajstić information content (AvgIpc) is 3.14. The normalized spacial score (nSPS) is 15.7. The van der Waals surface area contributed by atoms with Crippen LogP contribution in [0, 0.1) is 0 Å². The number of carbonyl (C=O) groups is 3. The van der Waals surface area contributed by atoms with Crippen LogP contribution in [0.4, 0.5) is 10.5 Å². The van der Waals surface area contributed by atoms with Crippen molar-refractivity contribution in [1.82, 2.24) is 5.32 Å². The van der Waals surface area contributed by atoms with Crippen molar-refractivity contribution in [2.24, 2.45) is 0 Å². The van der Waals surface area contributed by atoms with Crippen LogP contribution in [-0.4, -0.2) is 17.8 Å². The SMILES string of the molecule is O=C1NC(=O)N(c2ccc(Cl)cc2)C(=O)/C1=C\c1ccc(Sc2ccccc2)o1. The second kappa shape index (κ2) is 7.98. The molecule has 1 N–H and O–H groups in total. The Morgan fingerprint density at radius 2 is 1.66 bits per heavy atom. The van der Waals surface area contributed by atoms with Crippen molar-refractivity contribution in [3.05, 3.63) is 83.1 Å². The van der Waals surface area contributed by atoms with Gasteiger partial charge in [0.2, 0.25) is 0 Å². The lowest BCUT2D eigenvalue weighted by molar-refractivity contribution is -0.122. The maximum absolute atomic E-state index is 12.8. The number of furan rings is 1. The third-order valence-electron chi connectivity index (χ3n) is 4.04. The van der Waals surface area contributed by atoms with E-state index in [1.54, 1.807) is 24.3 Å². The molecule has 0 radical (unpaired) electrons. The summed E-state index contributed by atoms with van der Waals surface area (Å²) in [7, 11) is 0. The minimum absolute atomic E-state index is 0.204. The van der Waals surface area contributed by atoms with Crippen LogP contribution < -0.4 is 10.2 Å². The van der Waals surface area contributed by atoms with E-state index in [0.29, 0.717) is 21.6 Å². The van der Waals surface area contributed by atoms with E-state index < -0.39 is 17.8 Å². The molecule has 29 heavy (non-hydrogen) atoms. The van der Waals surface area contributed by atoms with Crippen LogP contribution in [0.15, 0.2) is 86.7 Å². The van der Waals surface area contributed by atoms with Crippen molar-refractivity contribution < 1.29 is 18.8 Å². The van der Waals surface area contributed by atoms with Crippen molar-refractivity contribution in [3.63, 3.8) is 0 Å². The molecule has 0 unspecified atom stereocenters. The van der Waals surface area contributed by atoms with E-state index in [4.69, 9.17) is 16.0 Å². The fourth-order valence-corrected chi connectivity index (χ4v) is 3.62. The van der Waals surface area contributed by atoms with E-state index in [1.807, 2.05) is 30.3 Å². The van der Waals surface area contributed by atoms with Crippen molar-refractivity contribution in [1.29, 1.82) is 0 Å². The predicted molar refractivity (Wildman–Crippen MR) is 110 cm³/mol. The summed E-state index contributed by atoms with van der Waals surface area (Å²) in [5.74, 6) is -1.19. The smallest absolute Gasteiger partial charge is 0.335 e.